The maximum atomic E-state index is 12.4. The minimum absolute atomic E-state index is 0.182. The van der Waals surface area contributed by atoms with E-state index in [1.165, 1.54) is 0 Å². The summed E-state index contributed by atoms with van der Waals surface area (Å²) in [7, 11) is 0. The zero-order valence-electron chi connectivity index (χ0n) is 12.9. The number of piperazine rings is 1. The molecular weight excluding hydrogens is 290 g/mol. The summed E-state index contributed by atoms with van der Waals surface area (Å²) in [6.07, 6.45) is 0.932. The maximum absolute atomic E-state index is 12.4. The molecule has 2 rings (SSSR count). The molecule has 0 amide bonds. The molecule has 1 aliphatic rings. The van der Waals surface area contributed by atoms with E-state index < -0.39 is 6.61 Å². The molecule has 1 aromatic carbocycles. The predicted octanol–water partition coefficient (Wildman–Crippen LogP) is 2.18. The van der Waals surface area contributed by atoms with E-state index in [-0.39, 0.29) is 18.4 Å². The lowest BCUT2D eigenvalue weighted by Crippen LogP contribution is -2.50. The van der Waals surface area contributed by atoms with Gasteiger partial charge in [-0.05, 0) is 12.5 Å². The number of hydrogen-bond acceptors (Lipinski definition) is 4. The first-order valence-electron chi connectivity index (χ1n) is 7.74. The number of alkyl halides is 2. The summed E-state index contributed by atoms with van der Waals surface area (Å²) in [5.74, 6) is 0.252. The summed E-state index contributed by atoms with van der Waals surface area (Å²) in [6.45, 7) is 3.56. The number of ether oxygens (including phenoxy) is 1. The van der Waals surface area contributed by atoms with Crippen LogP contribution in [0.25, 0.3) is 0 Å². The highest BCUT2D eigenvalue weighted by molar-refractivity contribution is 5.33. The van der Waals surface area contributed by atoms with E-state index in [9.17, 15) is 13.9 Å². The second kappa shape index (κ2) is 8.41. The van der Waals surface area contributed by atoms with Crippen LogP contribution >= 0.6 is 0 Å². The third-order valence-electron chi connectivity index (χ3n) is 4.19. The van der Waals surface area contributed by atoms with Gasteiger partial charge in [-0.3, -0.25) is 9.80 Å². The van der Waals surface area contributed by atoms with Gasteiger partial charge in [-0.15, -0.1) is 0 Å². The van der Waals surface area contributed by atoms with E-state index in [1.807, 2.05) is 12.1 Å². The van der Waals surface area contributed by atoms with Crippen molar-refractivity contribution in [2.45, 2.75) is 32.5 Å². The molecule has 1 heterocycles. The van der Waals surface area contributed by atoms with Gasteiger partial charge < -0.3 is 9.84 Å². The van der Waals surface area contributed by atoms with E-state index >= 15 is 0 Å². The molecule has 1 N–H and O–H groups in total. The highest BCUT2D eigenvalue weighted by atomic mass is 19.3. The fraction of sp³-hybridized carbons (Fsp3) is 0.625. The Morgan fingerprint density at radius 2 is 1.86 bits per heavy atom. The minimum Gasteiger partial charge on any atom is -0.434 e. The molecule has 0 spiro atoms. The summed E-state index contributed by atoms with van der Waals surface area (Å²) >= 11 is 0. The Bertz CT molecular complexity index is 448. The number of hydrogen-bond donors (Lipinski definition) is 1. The number of aliphatic hydroxyl groups excluding tert-OH is 1. The molecule has 0 bridgehead atoms. The Hall–Kier alpha value is -1.24. The molecule has 0 aliphatic carbocycles. The number of rotatable bonds is 7. The van der Waals surface area contributed by atoms with Gasteiger partial charge in [-0.1, -0.05) is 25.1 Å². The lowest BCUT2D eigenvalue weighted by atomic mass is 10.1. The van der Waals surface area contributed by atoms with Crippen molar-refractivity contribution in [3.63, 3.8) is 0 Å². The van der Waals surface area contributed by atoms with Crippen molar-refractivity contribution in [3.8, 4) is 5.75 Å². The first kappa shape index (κ1) is 17.1. The first-order valence-corrected chi connectivity index (χ1v) is 7.74. The molecule has 1 aliphatic heterocycles. The smallest absolute Gasteiger partial charge is 0.387 e. The average molecular weight is 314 g/mol. The van der Waals surface area contributed by atoms with Gasteiger partial charge in [0.25, 0.3) is 0 Å². The van der Waals surface area contributed by atoms with Gasteiger partial charge in [0, 0.05) is 44.3 Å². The second-order valence-corrected chi connectivity index (χ2v) is 5.54. The van der Waals surface area contributed by atoms with E-state index in [4.69, 9.17) is 0 Å². The lowest BCUT2D eigenvalue weighted by molar-refractivity contribution is -0.0509. The number of benzene rings is 1. The quantitative estimate of drug-likeness (QED) is 0.837. The van der Waals surface area contributed by atoms with E-state index in [2.05, 4.69) is 21.5 Å². The van der Waals surface area contributed by atoms with E-state index in [0.717, 1.165) is 38.2 Å². The van der Waals surface area contributed by atoms with Crippen LogP contribution in [0.3, 0.4) is 0 Å². The molecule has 6 heteroatoms. The van der Waals surface area contributed by atoms with Crippen molar-refractivity contribution >= 4 is 0 Å². The molecule has 0 aromatic heterocycles. The number of aliphatic hydroxyl groups is 1. The molecule has 1 aromatic rings. The summed E-state index contributed by atoms with van der Waals surface area (Å²) in [5.41, 5.74) is 0.783. The summed E-state index contributed by atoms with van der Waals surface area (Å²) < 4.78 is 29.4. The van der Waals surface area contributed by atoms with Crippen LogP contribution in [0.2, 0.25) is 0 Å². The third kappa shape index (κ3) is 4.63. The van der Waals surface area contributed by atoms with Crippen LogP contribution < -0.4 is 4.74 Å². The normalized spacial score (nSPS) is 18.6. The van der Waals surface area contributed by atoms with E-state index in [1.54, 1.807) is 12.1 Å². The van der Waals surface area contributed by atoms with Crippen molar-refractivity contribution < 1.29 is 18.6 Å². The summed E-state index contributed by atoms with van der Waals surface area (Å²) in [6, 6.07) is 7.16. The SMILES string of the molecule is CCC(CO)N1CCN(Cc2ccccc2OC(F)F)CC1. The Kier molecular flexibility index (Phi) is 6.54. The Balaban J connectivity index is 1.91. The van der Waals surface area contributed by atoms with Crippen molar-refractivity contribution in [2.75, 3.05) is 32.8 Å². The van der Waals surface area contributed by atoms with Gasteiger partial charge in [-0.2, -0.15) is 8.78 Å². The fourth-order valence-electron chi connectivity index (χ4n) is 2.88. The highest BCUT2D eigenvalue weighted by Gasteiger charge is 2.23. The molecule has 0 radical (unpaired) electrons. The van der Waals surface area contributed by atoms with Crippen molar-refractivity contribution in [3.05, 3.63) is 29.8 Å². The number of para-hydroxylation sites is 1. The monoisotopic (exact) mass is 314 g/mol. The molecule has 124 valence electrons. The predicted molar refractivity (Wildman–Crippen MR) is 81.1 cm³/mol. The standard InChI is InChI=1S/C16H24F2N2O2/c1-2-14(12-21)20-9-7-19(8-10-20)11-13-5-3-4-6-15(13)22-16(17)18/h3-6,14,16,21H,2,7-12H2,1H3. The van der Waals surface area contributed by atoms with Gasteiger partial charge in [0.2, 0.25) is 0 Å². The highest BCUT2D eigenvalue weighted by Crippen LogP contribution is 2.22. The zero-order chi connectivity index (χ0) is 15.9. The van der Waals surface area contributed by atoms with Crippen LogP contribution in [0.4, 0.5) is 8.78 Å². The number of halogens is 2. The van der Waals surface area contributed by atoms with Gasteiger partial charge >= 0.3 is 6.61 Å². The first-order chi connectivity index (χ1) is 10.6. The fourth-order valence-corrected chi connectivity index (χ4v) is 2.88. The Morgan fingerprint density at radius 1 is 1.18 bits per heavy atom. The molecule has 1 fully saturated rings. The Morgan fingerprint density at radius 3 is 2.45 bits per heavy atom. The van der Waals surface area contributed by atoms with E-state index in [0.29, 0.717) is 6.54 Å². The van der Waals surface area contributed by atoms with Gasteiger partial charge in [0.15, 0.2) is 0 Å². The average Bonchev–Trinajstić information content (AvgIpc) is 2.51. The van der Waals surface area contributed by atoms with Crippen LogP contribution in [-0.4, -0.2) is 60.3 Å². The zero-order valence-corrected chi connectivity index (χ0v) is 12.9. The molecular formula is C16H24F2N2O2. The van der Waals surface area contributed by atoms with Crippen LogP contribution in [0.1, 0.15) is 18.9 Å². The van der Waals surface area contributed by atoms with Gasteiger partial charge in [0.1, 0.15) is 5.75 Å². The summed E-state index contributed by atoms with van der Waals surface area (Å²) in [4.78, 5) is 4.52. The van der Waals surface area contributed by atoms with Gasteiger partial charge in [0.05, 0.1) is 6.61 Å². The van der Waals surface area contributed by atoms with Crippen LogP contribution in [-0.2, 0) is 6.54 Å². The van der Waals surface area contributed by atoms with Crippen molar-refractivity contribution in [2.24, 2.45) is 0 Å². The maximum Gasteiger partial charge on any atom is 0.387 e. The van der Waals surface area contributed by atoms with Crippen molar-refractivity contribution in [1.82, 2.24) is 9.80 Å². The largest absolute Gasteiger partial charge is 0.434 e. The van der Waals surface area contributed by atoms with Crippen LogP contribution in [0.15, 0.2) is 24.3 Å². The molecule has 22 heavy (non-hydrogen) atoms. The molecule has 1 saturated heterocycles. The minimum atomic E-state index is -2.80. The molecule has 0 saturated carbocycles. The Labute approximate surface area is 130 Å². The number of nitrogens with zero attached hydrogens (tertiary/aromatic N) is 2. The lowest BCUT2D eigenvalue weighted by Gasteiger charge is -2.38. The third-order valence-corrected chi connectivity index (χ3v) is 4.19. The topological polar surface area (TPSA) is 35.9 Å². The van der Waals surface area contributed by atoms with Crippen molar-refractivity contribution in [1.29, 1.82) is 0 Å². The second-order valence-electron chi connectivity index (χ2n) is 5.54. The van der Waals surface area contributed by atoms with Gasteiger partial charge in [-0.25, -0.2) is 0 Å². The van der Waals surface area contributed by atoms with Crippen LogP contribution in [0, 0.1) is 0 Å². The molecule has 4 nitrogen and oxygen atoms in total. The molecule has 1 unspecified atom stereocenters. The summed E-state index contributed by atoms with van der Waals surface area (Å²) in [5, 5.41) is 9.36. The van der Waals surface area contributed by atoms with Crippen LogP contribution in [0.5, 0.6) is 5.75 Å². The molecule has 1 atom stereocenters.